The van der Waals surface area contributed by atoms with Crippen LogP contribution in [0.25, 0.3) is 0 Å². The zero-order chi connectivity index (χ0) is 10.3. The van der Waals surface area contributed by atoms with Crippen LogP contribution in [0.1, 0.15) is 26.2 Å². The average molecular weight is 204 g/mol. The number of aliphatic hydroxyl groups is 1. The summed E-state index contributed by atoms with van der Waals surface area (Å²) >= 11 is 0. The summed E-state index contributed by atoms with van der Waals surface area (Å²) in [5.41, 5.74) is 1.08. The summed E-state index contributed by atoms with van der Waals surface area (Å²) in [4.78, 5) is 0. The molecule has 4 heteroatoms. The van der Waals surface area contributed by atoms with Crippen molar-refractivity contribution in [2.75, 3.05) is 0 Å². The van der Waals surface area contributed by atoms with Gasteiger partial charge in [-0.3, -0.25) is 0 Å². The second kappa shape index (κ2) is 3.28. The molecule has 3 unspecified atom stereocenters. The number of rotatable bonds is 3. The molecule has 80 valence electrons. The number of hydrogen-bond acceptors (Lipinski definition) is 2. The predicted molar refractivity (Wildman–Crippen MR) is 46.9 cm³/mol. The third-order valence-electron chi connectivity index (χ3n) is 2.91. The van der Waals surface area contributed by atoms with Gasteiger partial charge in [0.05, 0.1) is 6.10 Å². The molecule has 0 radical (unpaired) electrons. The van der Waals surface area contributed by atoms with Crippen molar-refractivity contribution in [2.24, 2.45) is 5.92 Å². The Morgan fingerprint density at radius 1 is 1.64 bits per heavy atom. The van der Waals surface area contributed by atoms with E-state index in [0.29, 0.717) is 12.8 Å². The lowest BCUT2D eigenvalue weighted by molar-refractivity contribution is -0.240. The molecule has 0 saturated heterocycles. The summed E-state index contributed by atoms with van der Waals surface area (Å²) in [6.07, 6.45) is 2.61. The summed E-state index contributed by atoms with van der Waals surface area (Å²) < 4.78 is 30.2. The van der Waals surface area contributed by atoms with E-state index in [4.69, 9.17) is 9.84 Å². The van der Waals surface area contributed by atoms with E-state index in [2.05, 4.69) is 6.08 Å². The van der Waals surface area contributed by atoms with Gasteiger partial charge in [0.2, 0.25) is 6.29 Å². The Bertz CT molecular complexity index is 257. The summed E-state index contributed by atoms with van der Waals surface area (Å²) in [7, 11) is 0. The number of allylic oxidation sites excluding steroid dienone is 1. The van der Waals surface area contributed by atoms with Crippen molar-refractivity contribution in [3.05, 3.63) is 11.6 Å². The Morgan fingerprint density at radius 2 is 2.36 bits per heavy atom. The lowest BCUT2D eigenvalue weighted by Crippen LogP contribution is -2.36. The number of halogens is 2. The lowest BCUT2D eigenvalue weighted by Gasteiger charge is -2.26. The number of alkyl halides is 2. The van der Waals surface area contributed by atoms with E-state index in [1.807, 2.05) is 0 Å². The highest BCUT2D eigenvalue weighted by atomic mass is 19.3. The molecule has 2 bridgehead atoms. The third kappa shape index (κ3) is 1.81. The highest BCUT2D eigenvalue weighted by Gasteiger charge is 2.39. The van der Waals surface area contributed by atoms with E-state index in [0.717, 1.165) is 24.8 Å². The van der Waals surface area contributed by atoms with Gasteiger partial charge < -0.3 is 9.84 Å². The molecule has 0 spiro atoms. The Labute approximate surface area is 81.6 Å². The third-order valence-corrected chi connectivity index (χ3v) is 2.91. The first-order valence-corrected chi connectivity index (χ1v) is 4.89. The standard InChI is InChI=1S/C10H14F2O2/c1-10(11,12)9(13)14-8-5-6-2-3-7(8)4-6/h4,6,8-9,13H,2-3,5H2,1H3. The maximum atomic E-state index is 12.6. The average Bonchev–Trinajstić information content (AvgIpc) is 2.62. The molecule has 0 fully saturated rings. The quantitative estimate of drug-likeness (QED) is 0.563. The topological polar surface area (TPSA) is 29.5 Å². The van der Waals surface area contributed by atoms with Gasteiger partial charge >= 0.3 is 0 Å². The summed E-state index contributed by atoms with van der Waals surface area (Å²) in [6.45, 7) is 0.666. The SMILES string of the molecule is CC(F)(F)C(O)OC1CC2C=C1CC2. The summed E-state index contributed by atoms with van der Waals surface area (Å²) in [6, 6.07) is 0. The van der Waals surface area contributed by atoms with Crippen molar-refractivity contribution in [2.45, 2.75) is 44.5 Å². The summed E-state index contributed by atoms with van der Waals surface area (Å²) in [5.74, 6) is -2.70. The molecule has 2 aliphatic carbocycles. The van der Waals surface area contributed by atoms with Crippen LogP contribution in [0.4, 0.5) is 8.78 Å². The van der Waals surface area contributed by atoms with Crippen LogP contribution in [-0.4, -0.2) is 23.4 Å². The molecule has 0 aliphatic heterocycles. The first-order valence-electron chi connectivity index (χ1n) is 4.89. The Balaban J connectivity index is 1.90. The maximum Gasteiger partial charge on any atom is 0.295 e. The maximum absolute atomic E-state index is 12.6. The van der Waals surface area contributed by atoms with Gasteiger partial charge in [0.1, 0.15) is 0 Å². The molecule has 1 N–H and O–H groups in total. The van der Waals surface area contributed by atoms with Crippen LogP contribution in [0.5, 0.6) is 0 Å². The van der Waals surface area contributed by atoms with Crippen LogP contribution in [0.15, 0.2) is 11.6 Å². The van der Waals surface area contributed by atoms with Crippen LogP contribution >= 0.6 is 0 Å². The van der Waals surface area contributed by atoms with Crippen molar-refractivity contribution in [1.82, 2.24) is 0 Å². The highest BCUT2D eigenvalue weighted by molar-refractivity contribution is 5.22. The highest BCUT2D eigenvalue weighted by Crippen LogP contribution is 2.41. The largest absolute Gasteiger partial charge is 0.363 e. The molecule has 0 amide bonds. The van der Waals surface area contributed by atoms with Crippen LogP contribution in [0.2, 0.25) is 0 Å². The van der Waals surface area contributed by atoms with Gasteiger partial charge in [0.25, 0.3) is 5.92 Å². The molecule has 14 heavy (non-hydrogen) atoms. The second-order valence-corrected chi connectivity index (χ2v) is 4.21. The fourth-order valence-corrected chi connectivity index (χ4v) is 2.12. The van der Waals surface area contributed by atoms with Gasteiger partial charge in [-0.05, 0) is 30.8 Å². The molecule has 2 rings (SSSR count). The second-order valence-electron chi connectivity index (χ2n) is 4.21. The smallest absolute Gasteiger partial charge is 0.295 e. The van der Waals surface area contributed by atoms with E-state index in [1.165, 1.54) is 0 Å². The van der Waals surface area contributed by atoms with E-state index in [9.17, 15) is 8.78 Å². The molecular weight excluding hydrogens is 190 g/mol. The van der Waals surface area contributed by atoms with Gasteiger partial charge in [-0.25, -0.2) is 8.78 Å². The summed E-state index contributed by atoms with van der Waals surface area (Å²) in [5, 5.41) is 9.07. The monoisotopic (exact) mass is 204 g/mol. The predicted octanol–water partition coefficient (Wildman–Crippen LogP) is 2.09. The van der Waals surface area contributed by atoms with E-state index >= 15 is 0 Å². The van der Waals surface area contributed by atoms with Crippen molar-refractivity contribution in [3.63, 3.8) is 0 Å². The minimum atomic E-state index is -3.18. The fraction of sp³-hybridized carbons (Fsp3) is 0.800. The Kier molecular flexibility index (Phi) is 2.35. The number of ether oxygens (including phenoxy) is 1. The van der Waals surface area contributed by atoms with Gasteiger partial charge in [-0.15, -0.1) is 0 Å². The lowest BCUT2D eigenvalue weighted by atomic mass is 9.97. The molecule has 0 heterocycles. The molecule has 2 aliphatic rings. The van der Waals surface area contributed by atoms with Crippen molar-refractivity contribution in [3.8, 4) is 0 Å². The van der Waals surface area contributed by atoms with Crippen LogP contribution in [0, 0.1) is 5.92 Å². The molecule has 2 nitrogen and oxygen atoms in total. The van der Waals surface area contributed by atoms with Crippen LogP contribution in [-0.2, 0) is 4.74 Å². The number of hydrogen-bond donors (Lipinski definition) is 1. The van der Waals surface area contributed by atoms with Crippen molar-refractivity contribution < 1.29 is 18.6 Å². The van der Waals surface area contributed by atoms with Crippen LogP contribution in [0.3, 0.4) is 0 Å². The van der Waals surface area contributed by atoms with Crippen LogP contribution < -0.4 is 0 Å². The Hall–Kier alpha value is -0.480. The zero-order valence-corrected chi connectivity index (χ0v) is 8.04. The number of fused-ring (bicyclic) bond motifs is 1. The number of aliphatic hydroxyl groups excluding tert-OH is 1. The first-order chi connectivity index (χ1) is 6.47. The van der Waals surface area contributed by atoms with Gasteiger partial charge in [0, 0.05) is 6.92 Å². The molecule has 0 saturated carbocycles. The fourth-order valence-electron chi connectivity index (χ4n) is 2.12. The zero-order valence-electron chi connectivity index (χ0n) is 8.04. The Morgan fingerprint density at radius 3 is 2.79 bits per heavy atom. The molecule has 0 aromatic carbocycles. The normalized spacial score (nSPS) is 33.3. The minimum Gasteiger partial charge on any atom is -0.363 e. The van der Waals surface area contributed by atoms with Crippen molar-refractivity contribution in [1.29, 1.82) is 0 Å². The van der Waals surface area contributed by atoms with Gasteiger partial charge in [-0.2, -0.15) is 0 Å². The van der Waals surface area contributed by atoms with Crippen molar-refractivity contribution >= 4 is 0 Å². The van der Waals surface area contributed by atoms with E-state index in [-0.39, 0.29) is 6.10 Å². The van der Waals surface area contributed by atoms with E-state index in [1.54, 1.807) is 0 Å². The minimum absolute atomic E-state index is 0.283. The molecule has 3 atom stereocenters. The molecule has 0 aromatic heterocycles. The first kappa shape index (κ1) is 10.1. The van der Waals surface area contributed by atoms with Gasteiger partial charge in [-0.1, -0.05) is 6.08 Å². The molecular formula is C10H14F2O2. The van der Waals surface area contributed by atoms with Gasteiger partial charge in [0.15, 0.2) is 0 Å². The van der Waals surface area contributed by atoms with E-state index < -0.39 is 12.2 Å². The molecule has 0 aromatic rings.